The summed E-state index contributed by atoms with van der Waals surface area (Å²) in [6.45, 7) is 4.29. The molecule has 1 fully saturated rings. The molecule has 1 aliphatic rings. The number of anilines is 1. The molecule has 1 aliphatic heterocycles. The van der Waals surface area contributed by atoms with Crippen molar-refractivity contribution in [3.05, 3.63) is 65.4 Å². The largest absolute Gasteiger partial charge is 0.451 e. The first-order valence-electron chi connectivity index (χ1n) is 10.6. The number of piperidine rings is 1. The zero-order valence-corrected chi connectivity index (χ0v) is 18.2. The van der Waals surface area contributed by atoms with Crippen molar-refractivity contribution in [2.24, 2.45) is 0 Å². The van der Waals surface area contributed by atoms with Gasteiger partial charge in [0.2, 0.25) is 5.82 Å². The molecule has 0 bridgehead atoms. The molecule has 2 aromatic heterocycles. The van der Waals surface area contributed by atoms with Gasteiger partial charge in [-0.1, -0.05) is 17.7 Å². The predicted molar refractivity (Wildman–Crippen MR) is 117 cm³/mol. The first kappa shape index (κ1) is 22.6. The molecule has 0 radical (unpaired) electrons. The summed E-state index contributed by atoms with van der Waals surface area (Å²) in [6, 6.07) is 8.49. The summed E-state index contributed by atoms with van der Waals surface area (Å²) < 4.78 is 39.2. The fourth-order valence-electron chi connectivity index (χ4n) is 3.90. The number of amides is 1. The van der Waals surface area contributed by atoms with Crippen LogP contribution in [0.25, 0.3) is 11.4 Å². The van der Waals surface area contributed by atoms with Crippen LogP contribution in [-0.2, 0) is 6.18 Å². The number of alkyl halides is 3. The van der Waals surface area contributed by atoms with Crippen molar-refractivity contribution in [1.82, 2.24) is 24.8 Å². The van der Waals surface area contributed by atoms with Crippen LogP contribution >= 0.6 is 0 Å². The van der Waals surface area contributed by atoms with Crippen molar-refractivity contribution >= 4 is 11.7 Å². The van der Waals surface area contributed by atoms with Crippen molar-refractivity contribution in [3.63, 3.8) is 0 Å². The lowest BCUT2D eigenvalue weighted by Gasteiger charge is -2.34. The number of benzene rings is 1. The molecule has 33 heavy (non-hydrogen) atoms. The van der Waals surface area contributed by atoms with Gasteiger partial charge in [-0.2, -0.15) is 13.2 Å². The molecular weight excluding hydrogens is 433 g/mol. The van der Waals surface area contributed by atoms with E-state index in [1.165, 1.54) is 13.0 Å². The van der Waals surface area contributed by atoms with Crippen molar-refractivity contribution in [2.75, 3.05) is 18.4 Å². The quantitative estimate of drug-likeness (QED) is 0.631. The first-order valence-corrected chi connectivity index (χ1v) is 10.6. The Morgan fingerprint density at radius 3 is 2.61 bits per heavy atom. The summed E-state index contributed by atoms with van der Waals surface area (Å²) in [4.78, 5) is 30.8. The monoisotopic (exact) mass is 456 g/mol. The van der Waals surface area contributed by atoms with Crippen LogP contribution in [0.3, 0.4) is 0 Å². The average Bonchev–Trinajstić information content (AvgIpc) is 2.78. The van der Waals surface area contributed by atoms with Crippen molar-refractivity contribution in [2.45, 2.75) is 38.9 Å². The van der Waals surface area contributed by atoms with Crippen LogP contribution in [0.5, 0.6) is 0 Å². The van der Waals surface area contributed by atoms with E-state index in [1.807, 2.05) is 25.1 Å². The van der Waals surface area contributed by atoms with Crippen LogP contribution in [0.15, 0.2) is 42.7 Å². The molecule has 3 heterocycles. The van der Waals surface area contributed by atoms with Gasteiger partial charge in [0.15, 0.2) is 5.82 Å². The molecule has 1 N–H and O–H groups in total. The highest BCUT2D eigenvalue weighted by atomic mass is 19.4. The number of rotatable bonds is 4. The average molecular weight is 456 g/mol. The fourth-order valence-corrected chi connectivity index (χ4v) is 3.90. The molecule has 1 saturated heterocycles. The van der Waals surface area contributed by atoms with E-state index in [1.54, 1.807) is 23.4 Å². The molecular formula is C23H23F3N6O. The minimum Gasteiger partial charge on any atom is -0.365 e. The maximum atomic E-state index is 13.5. The van der Waals surface area contributed by atoms with Crippen molar-refractivity contribution in [1.29, 1.82) is 0 Å². The van der Waals surface area contributed by atoms with Gasteiger partial charge in [0.25, 0.3) is 5.91 Å². The van der Waals surface area contributed by atoms with Gasteiger partial charge in [0.1, 0.15) is 5.82 Å². The second kappa shape index (κ2) is 9.13. The lowest BCUT2D eigenvalue weighted by atomic mass is 10.00. The highest BCUT2D eigenvalue weighted by molar-refractivity contribution is 6.00. The van der Waals surface area contributed by atoms with Gasteiger partial charge in [-0.05, 0) is 38.8 Å². The molecule has 1 aromatic carbocycles. The van der Waals surface area contributed by atoms with Crippen molar-refractivity contribution < 1.29 is 18.0 Å². The molecule has 1 unspecified atom stereocenters. The standard InChI is InChI=1S/C23H23F3N6O/c1-14-6-7-17(20-27-8-4-9-28-20)18(11-14)21(33)32-10-3-5-16(13-32)30-19-12-15(2)29-22(31-19)23(24,25)26/h4,6-9,11-12,16H,3,5,10,13H2,1-2H3,(H,29,30,31). The molecule has 1 atom stereocenters. The fraction of sp³-hybridized carbons (Fsp3) is 0.348. The minimum atomic E-state index is -4.63. The molecule has 0 spiro atoms. The van der Waals surface area contributed by atoms with Gasteiger partial charge < -0.3 is 10.2 Å². The van der Waals surface area contributed by atoms with Crippen LogP contribution in [0.1, 0.15) is 40.3 Å². The van der Waals surface area contributed by atoms with Gasteiger partial charge in [0.05, 0.1) is 5.56 Å². The number of carbonyl (C=O) groups excluding carboxylic acids is 1. The zero-order valence-electron chi connectivity index (χ0n) is 18.2. The number of halogens is 3. The summed E-state index contributed by atoms with van der Waals surface area (Å²) in [5, 5.41) is 3.06. The van der Waals surface area contributed by atoms with E-state index in [2.05, 4.69) is 25.3 Å². The van der Waals surface area contributed by atoms with Crippen LogP contribution < -0.4 is 5.32 Å². The summed E-state index contributed by atoms with van der Waals surface area (Å²) in [5.41, 5.74) is 2.29. The van der Waals surface area contributed by atoms with Crippen LogP contribution in [0.4, 0.5) is 19.0 Å². The number of aromatic nitrogens is 4. The Hall–Kier alpha value is -3.56. The summed E-state index contributed by atoms with van der Waals surface area (Å²) in [5.74, 6) is -0.782. The maximum absolute atomic E-state index is 13.5. The Labute approximate surface area is 189 Å². The van der Waals surface area contributed by atoms with E-state index >= 15 is 0 Å². The molecule has 172 valence electrons. The van der Waals surface area contributed by atoms with Gasteiger partial charge in [0, 0.05) is 48.8 Å². The summed E-state index contributed by atoms with van der Waals surface area (Å²) in [7, 11) is 0. The molecule has 4 rings (SSSR count). The SMILES string of the molecule is Cc1ccc(-c2ncccn2)c(C(=O)N2CCCC(Nc3cc(C)nc(C(F)(F)F)n3)C2)c1. The number of nitrogens with one attached hydrogen (secondary N) is 1. The van der Waals surface area contributed by atoms with E-state index in [-0.39, 0.29) is 23.5 Å². The second-order valence-corrected chi connectivity index (χ2v) is 8.07. The topological polar surface area (TPSA) is 83.9 Å². The third kappa shape index (κ3) is 5.27. The lowest BCUT2D eigenvalue weighted by molar-refractivity contribution is -0.145. The summed E-state index contributed by atoms with van der Waals surface area (Å²) >= 11 is 0. The predicted octanol–water partition coefficient (Wildman–Crippen LogP) is 4.29. The number of hydrogen-bond acceptors (Lipinski definition) is 6. The second-order valence-electron chi connectivity index (χ2n) is 8.07. The van der Waals surface area contributed by atoms with Gasteiger partial charge in [-0.25, -0.2) is 19.9 Å². The van der Waals surface area contributed by atoms with E-state index in [9.17, 15) is 18.0 Å². The Kier molecular flexibility index (Phi) is 6.26. The van der Waals surface area contributed by atoms with E-state index in [0.717, 1.165) is 5.56 Å². The van der Waals surface area contributed by atoms with E-state index in [4.69, 9.17) is 0 Å². The minimum absolute atomic E-state index is 0.100. The molecule has 0 saturated carbocycles. The zero-order chi connectivity index (χ0) is 23.6. The van der Waals surface area contributed by atoms with Crippen LogP contribution in [0.2, 0.25) is 0 Å². The highest BCUT2D eigenvalue weighted by Crippen LogP contribution is 2.28. The van der Waals surface area contributed by atoms with Gasteiger partial charge >= 0.3 is 6.18 Å². The maximum Gasteiger partial charge on any atom is 0.451 e. The number of likely N-dealkylation sites (tertiary alicyclic amines) is 1. The molecule has 7 nitrogen and oxygen atoms in total. The highest BCUT2D eigenvalue weighted by Gasteiger charge is 2.35. The van der Waals surface area contributed by atoms with E-state index in [0.29, 0.717) is 42.9 Å². The molecule has 10 heteroatoms. The Morgan fingerprint density at radius 1 is 1.12 bits per heavy atom. The number of aryl methyl sites for hydroxylation is 2. The van der Waals surface area contributed by atoms with Crippen LogP contribution in [0, 0.1) is 13.8 Å². The Balaban J connectivity index is 1.55. The third-order valence-electron chi connectivity index (χ3n) is 5.38. The Bertz CT molecular complexity index is 1150. The number of hydrogen-bond donors (Lipinski definition) is 1. The van der Waals surface area contributed by atoms with Crippen molar-refractivity contribution in [3.8, 4) is 11.4 Å². The Morgan fingerprint density at radius 2 is 1.88 bits per heavy atom. The normalized spacial score (nSPS) is 16.5. The number of nitrogens with zero attached hydrogens (tertiary/aromatic N) is 5. The first-order chi connectivity index (χ1) is 15.7. The molecule has 0 aliphatic carbocycles. The van der Waals surface area contributed by atoms with Gasteiger partial charge in [-0.15, -0.1) is 0 Å². The summed E-state index contributed by atoms with van der Waals surface area (Å²) in [6.07, 6.45) is 0.0315. The number of carbonyl (C=O) groups is 1. The molecule has 3 aromatic rings. The van der Waals surface area contributed by atoms with E-state index < -0.39 is 12.0 Å². The third-order valence-corrected chi connectivity index (χ3v) is 5.38. The lowest BCUT2D eigenvalue weighted by Crippen LogP contribution is -2.45. The smallest absolute Gasteiger partial charge is 0.365 e. The van der Waals surface area contributed by atoms with Gasteiger partial charge in [-0.3, -0.25) is 4.79 Å². The van der Waals surface area contributed by atoms with Crippen LogP contribution in [-0.4, -0.2) is 49.9 Å². The molecule has 1 amide bonds.